The van der Waals surface area contributed by atoms with Gasteiger partial charge in [-0.05, 0) is 48.6 Å². The van der Waals surface area contributed by atoms with Gasteiger partial charge in [0.1, 0.15) is 0 Å². The van der Waals surface area contributed by atoms with Gasteiger partial charge in [0.15, 0.2) is 5.96 Å². The molecule has 0 heterocycles. The number of aliphatic imine (C=N–C) groups is 1. The first-order chi connectivity index (χ1) is 11.1. The molecule has 23 heavy (non-hydrogen) atoms. The molecule has 3 N–H and O–H groups in total. The number of rotatable bonds is 8. The second kappa shape index (κ2) is 8.34. The molecule has 1 aromatic rings. The number of nitrogens with one attached hydrogen (secondary N) is 1. The molecule has 0 aromatic heterocycles. The fourth-order valence-electron chi connectivity index (χ4n) is 3.31. The van der Waals surface area contributed by atoms with E-state index in [2.05, 4.69) is 42.4 Å². The number of nitrogens with zero attached hydrogens (tertiary/aromatic N) is 1. The molecular formula is C19H31N3O. The summed E-state index contributed by atoms with van der Waals surface area (Å²) in [6.45, 7) is 5.94. The molecule has 1 aliphatic carbocycles. The number of para-hydroxylation sites is 1. The zero-order chi connectivity index (χ0) is 16.7. The van der Waals surface area contributed by atoms with Crippen molar-refractivity contribution in [2.75, 3.05) is 25.6 Å². The van der Waals surface area contributed by atoms with E-state index in [-0.39, 0.29) is 0 Å². The van der Waals surface area contributed by atoms with Gasteiger partial charge < -0.3 is 15.8 Å². The van der Waals surface area contributed by atoms with Gasteiger partial charge in [-0.25, -0.2) is 0 Å². The second-order valence-electron chi connectivity index (χ2n) is 6.58. The zero-order valence-corrected chi connectivity index (χ0v) is 14.8. The number of hydrogen-bond acceptors (Lipinski definition) is 2. The van der Waals surface area contributed by atoms with E-state index in [1.165, 1.54) is 30.4 Å². The van der Waals surface area contributed by atoms with Crippen LogP contribution in [0, 0.1) is 5.41 Å². The minimum absolute atomic E-state index is 0.306. The van der Waals surface area contributed by atoms with E-state index in [1.807, 2.05) is 0 Å². The molecule has 0 atom stereocenters. The highest BCUT2D eigenvalue weighted by molar-refractivity contribution is 5.93. The van der Waals surface area contributed by atoms with Crippen LogP contribution in [0.4, 0.5) is 5.69 Å². The topological polar surface area (TPSA) is 59.6 Å². The van der Waals surface area contributed by atoms with Crippen LogP contribution < -0.4 is 11.1 Å². The Bertz CT molecular complexity index is 513. The monoisotopic (exact) mass is 317 g/mol. The Kier molecular flexibility index (Phi) is 6.46. The van der Waals surface area contributed by atoms with E-state index < -0.39 is 0 Å². The molecule has 0 aliphatic heterocycles. The van der Waals surface area contributed by atoms with Crippen LogP contribution in [0.2, 0.25) is 0 Å². The number of benzene rings is 1. The highest BCUT2D eigenvalue weighted by atomic mass is 16.5. The Morgan fingerprint density at radius 3 is 2.39 bits per heavy atom. The zero-order valence-electron chi connectivity index (χ0n) is 14.8. The van der Waals surface area contributed by atoms with Crippen molar-refractivity contribution in [2.45, 2.75) is 52.4 Å². The molecular weight excluding hydrogens is 286 g/mol. The standard InChI is InChI=1S/C19H31N3O/c1-4-15-8-6-9-16(5-2)17(15)22-18(20)21-14-19(10-7-11-19)12-13-23-3/h6,8-9H,4-5,7,10-14H2,1-3H3,(H3,20,21,22). The van der Waals surface area contributed by atoms with Gasteiger partial charge in [-0.1, -0.05) is 38.5 Å². The van der Waals surface area contributed by atoms with Crippen molar-refractivity contribution in [1.29, 1.82) is 0 Å². The van der Waals surface area contributed by atoms with Crippen LogP contribution in [0.3, 0.4) is 0 Å². The number of hydrogen-bond donors (Lipinski definition) is 2. The van der Waals surface area contributed by atoms with Gasteiger partial charge in [0, 0.05) is 25.9 Å². The summed E-state index contributed by atoms with van der Waals surface area (Å²) >= 11 is 0. The van der Waals surface area contributed by atoms with Gasteiger partial charge in [-0.15, -0.1) is 0 Å². The van der Waals surface area contributed by atoms with Crippen molar-refractivity contribution in [2.24, 2.45) is 16.1 Å². The van der Waals surface area contributed by atoms with Crippen molar-refractivity contribution >= 4 is 11.6 Å². The Labute approximate surface area is 140 Å². The van der Waals surface area contributed by atoms with E-state index in [1.54, 1.807) is 7.11 Å². The first-order valence-corrected chi connectivity index (χ1v) is 8.80. The largest absolute Gasteiger partial charge is 0.385 e. The number of methoxy groups -OCH3 is 1. The third kappa shape index (κ3) is 4.47. The molecule has 0 radical (unpaired) electrons. The minimum atomic E-state index is 0.306. The summed E-state index contributed by atoms with van der Waals surface area (Å²) in [6.07, 6.45) is 6.82. The molecule has 128 valence electrons. The van der Waals surface area contributed by atoms with Crippen LogP contribution in [0.15, 0.2) is 23.2 Å². The summed E-state index contributed by atoms with van der Waals surface area (Å²) in [5.41, 5.74) is 10.2. The maximum atomic E-state index is 6.18. The van der Waals surface area contributed by atoms with Crippen LogP contribution in [0.25, 0.3) is 0 Å². The highest BCUT2D eigenvalue weighted by Crippen LogP contribution is 2.44. The second-order valence-corrected chi connectivity index (χ2v) is 6.58. The summed E-state index contributed by atoms with van der Waals surface area (Å²) in [6, 6.07) is 6.42. The maximum absolute atomic E-state index is 6.18. The average molecular weight is 317 g/mol. The van der Waals surface area contributed by atoms with Crippen LogP contribution in [0.1, 0.15) is 50.7 Å². The smallest absolute Gasteiger partial charge is 0.193 e. The fourth-order valence-corrected chi connectivity index (χ4v) is 3.31. The molecule has 0 amide bonds. The van der Waals surface area contributed by atoms with Crippen molar-refractivity contribution < 1.29 is 4.74 Å². The quantitative estimate of drug-likeness (QED) is 0.567. The van der Waals surface area contributed by atoms with Crippen molar-refractivity contribution in [3.05, 3.63) is 29.3 Å². The lowest BCUT2D eigenvalue weighted by molar-refractivity contribution is 0.0780. The lowest BCUT2D eigenvalue weighted by atomic mass is 9.67. The summed E-state index contributed by atoms with van der Waals surface area (Å²) in [5.74, 6) is 0.532. The Morgan fingerprint density at radius 1 is 1.26 bits per heavy atom. The predicted molar refractivity (Wildman–Crippen MR) is 98.1 cm³/mol. The molecule has 1 saturated carbocycles. The van der Waals surface area contributed by atoms with E-state index in [4.69, 9.17) is 10.5 Å². The maximum Gasteiger partial charge on any atom is 0.193 e. The van der Waals surface area contributed by atoms with E-state index in [0.717, 1.165) is 38.1 Å². The van der Waals surface area contributed by atoms with Gasteiger partial charge in [-0.2, -0.15) is 0 Å². The number of guanidine groups is 1. The van der Waals surface area contributed by atoms with E-state index in [9.17, 15) is 0 Å². The van der Waals surface area contributed by atoms with Crippen LogP contribution in [-0.4, -0.2) is 26.2 Å². The number of anilines is 1. The van der Waals surface area contributed by atoms with Gasteiger partial charge in [0.2, 0.25) is 0 Å². The fraction of sp³-hybridized carbons (Fsp3) is 0.632. The molecule has 1 fully saturated rings. The van der Waals surface area contributed by atoms with E-state index in [0.29, 0.717) is 11.4 Å². The molecule has 1 aromatic carbocycles. The summed E-state index contributed by atoms with van der Waals surface area (Å²) in [5, 5.41) is 3.35. The SMILES string of the molecule is CCc1cccc(CC)c1NC(N)=NCC1(CCOC)CCC1. The van der Waals surface area contributed by atoms with Gasteiger partial charge in [-0.3, -0.25) is 4.99 Å². The molecule has 2 rings (SSSR count). The number of aryl methyl sites for hydroxylation is 2. The predicted octanol–water partition coefficient (Wildman–Crippen LogP) is 3.74. The lowest BCUT2D eigenvalue weighted by Crippen LogP contribution is -2.35. The summed E-state index contributed by atoms with van der Waals surface area (Å²) in [4.78, 5) is 4.65. The average Bonchev–Trinajstić information content (AvgIpc) is 2.53. The number of ether oxygens (including phenoxy) is 1. The highest BCUT2D eigenvalue weighted by Gasteiger charge is 2.36. The summed E-state index contributed by atoms with van der Waals surface area (Å²) in [7, 11) is 1.76. The Morgan fingerprint density at radius 2 is 1.91 bits per heavy atom. The van der Waals surface area contributed by atoms with Gasteiger partial charge >= 0.3 is 0 Å². The molecule has 4 nitrogen and oxygen atoms in total. The van der Waals surface area contributed by atoms with Gasteiger partial charge in [0.05, 0.1) is 0 Å². The number of nitrogens with two attached hydrogens (primary N) is 1. The Hall–Kier alpha value is -1.55. The molecule has 0 bridgehead atoms. The molecule has 1 aliphatic rings. The first kappa shape index (κ1) is 17.8. The van der Waals surface area contributed by atoms with Crippen LogP contribution in [0.5, 0.6) is 0 Å². The molecule has 4 heteroatoms. The summed E-state index contributed by atoms with van der Waals surface area (Å²) < 4.78 is 5.24. The van der Waals surface area contributed by atoms with Crippen molar-refractivity contribution in [1.82, 2.24) is 0 Å². The van der Waals surface area contributed by atoms with Crippen LogP contribution >= 0.6 is 0 Å². The third-order valence-corrected chi connectivity index (χ3v) is 5.09. The first-order valence-electron chi connectivity index (χ1n) is 8.80. The van der Waals surface area contributed by atoms with Gasteiger partial charge in [0.25, 0.3) is 0 Å². The third-order valence-electron chi connectivity index (χ3n) is 5.09. The lowest BCUT2D eigenvalue weighted by Gasteiger charge is -2.40. The normalized spacial score (nSPS) is 16.9. The van der Waals surface area contributed by atoms with Crippen molar-refractivity contribution in [3.63, 3.8) is 0 Å². The molecule has 0 saturated heterocycles. The Balaban J connectivity index is 2.05. The molecule has 0 spiro atoms. The van der Waals surface area contributed by atoms with E-state index >= 15 is 0 Å². The van der Waals surface area contributed by atoms with Crippen molar-refractivity contribution in [3.8, 4) is 0 Å². The van der Waals surface area contributed by atoms with Crippen LogP contribution in [-0.2, 0) is 17.6 Å². The molecule has 0 unspecified atom stereocenters. The minimum Gasteiger partial charge on any atom is -0.385 e.